The van der Waals surface area contributed by atoms with Crippen LogP contribution in [0.25, 0.3) is 11.3 Å². The molecule has 1 aliphatic rings. The Balaban J connectivity index is 1.26. The molecular formula is C32H37N7O. The summed E-state index contributed by atoms with van der Waals surface area (Å²) in [6.45, 7) is 11.6. The summed E-state index contributed by atoms with van der Waals surface area (Å²) in [5.74, 6) is 0.690. The monoisotopic (exact) mass is 535 g/mol. The van der Waals surface area contributed by atoms with E-state index in [0.29, 0.717) is 23.1 Å². The van der Waals surface area contributed by atoms with Gasteiger partial charge in [0.05, 0.1) is 5.69 Å². The van der Waals surface area contributed by atoms with Crippen LogP contribution < -0.4 is 10.6 Å². The van der Waals surface area contributed by atoms with Crippen molar-refractivity contribution in [2.45, 2.75) is 33.2 Å². The van der Waals surface area contributed by atoms with Gasteiger partial charge in [-0.25, -0.2) is 9.97 Å². The lowest BCUT2D eigenvalue weighted by atomic mass is 9.97. The van der Waals surface area contributed by atoms with Crippen molar-refractivity contribution in [2.24, 2.45) is 0 Å². The quantitative estimate of drug-likeness (QED) is 0.299. The molecule has 4 aromatic rings. The first-order chi connectivity index (χ1) is 19.4. The summed E-state index contributed by atoms with van der Waals surface area (Å²) >= 11 is 0. The molecule has 8 nitrogen and oxygen atoms in total. The molecule has 1 saturated heterocycles. The Morgan fingerprint density at radius 2 is 1.75 bits per heavy atom. The zero-order chi connectivity index (χ0) is 28.1. The van der Waals surface area contributed by atoms with Crippen molar-refractivity contribution >= 4 is 23.2 Å². The van der Waals surface area contributed by atoms with E-state index in [2.05, 4.69) is 51.3 Å². The summed E-state index contributed by atoms with van der Waals surface area (Å²) in [5.41, 5.74) is 7.39. The van der Waals surface area contributed by atoms with E-state index in [1.54, 1.807) is 6.20 Å². The van der Waals surface area contributed by atoms with Crippen molar-refractivity contribution in [2.75, 3.05) is 43.9 Å². The Hall–Kier alpha value is -4.14. The molecule has 1 aliphatic heterocycles. The van der Waals surface area contributed by atoms with Crippen molar-refractivity contribution in [1.82, 2.24) is 24.8 Å². The first kappa shape index (κ1) is 27.4. The highest BCUT2D eigenvalue weighted by Gasteiger charge is 2.15. The molecule has 0 bridgehead atoms. The third-order valence-corrected chi connectivity index (χ3v) is 7.37. The average Bonchev–Trinajstić information content (AvgIpc) is 2.96. The van der Waals surface area contributed by atoms with E-state index >= 15 is 0 Å². The topological polar surface area (TPSA) is 86.3 Å². The predicted molar refractivity (Wildman–Crippen MR) is 161 cm³/mol. The number of anilines is 3. The zero-order valence-electron chi connectivity index (χ0n) is 23.7. The van der Waals surface area contributed by atoms with Crippen LogP contribution >= 0.6 is 0 Å². The third kappa shape index (κ3) is 6.70. The van der Waals surface area contributed by atoms with Gasteiger partial charge in [-0.15, -0.1) is 0 Å². The lowest BCUT2D eigenvalue weighted by molar-refractivity contribution is 0.102. The van der Waals surface area contributed by atoms with Crippen LogP contribution in [0.5, 0.6) is 0 Å². The lowest BCUT2D eigenvalue weighted by Gasteiger charge is -2.32. The number of carbonyl (C=O) groups is 1. The second-order valence-electron chi connectivity index (χ2n) is 10.8. The Morgan fingerprint density at radius 1 is 0.975 bits per heavy atom. The standard InChI is InChI=1S/C32H37N7O/c1-22(2)27-11-13-33-20-28(27)29-12-14-34-32(36-29)37-30-19-26(10-5-23(30)3)35-31(40)25-8-6-24(7-9-25)21-39-17-15-38(4)16-18-39/h5-14,19-20,22H,15-18,21H2,1-4H3,(H,35,40)(H,34,36,37). The number of benzene rings is 2. The van der Waals surface area contributed by atoms with Gasteiger partial charge in [0.2, 0.25) is 5.95 Å². The summed E-state index contributed by atoms with van der Waals surface area (Å²) in [7, 11) is 2.16. The van der Waals surface area contributed by atoms with Crippen LogP contribution in [0, 0.1) is 6.92 Å². The highest BCUT2D eigenvalue weighted by Crippen LogP contribution is 2.28. The third-order valence-electron chi connectivity index (χ3n) is 7.37. The molecule has 0 unspecified atom stereocenters. The number of likely N-dealkylation sites (N-methyl/N-ethyl adjacent to an activating group) is 1. The maximum atomic E-state index is 13.0. The van der Waals surface area contributed by atoms with E-state index in [4.69, 9.17) is 4.98 Å². The second-order valence-corrected chi connectivity index (χ2v) is 10.8. The molecule has 0 radical (unpaired) electrons. The fourth-order valence-corrected chi connectivity index (χ4v) is 4.88. The van der Waals surface area contributed by atoms with Gasteiger partial charge in [-0.2, -0.15) is 0 Å². The van der Waals surface area contributed by atoms with Crippen molar-refractivity contribution in [3.8, 4) is 11.3 Å². The van der Waals surface area contributed by atoms with E-state index in [0.717, 1.165) is 55.2 Å². The van der Waals surface area contributed by atoms with Crippen molar-refractivity contribution in [3.05, 3.63) is 95.4 Å². The molecule has 8 heteroatoms. The minimum absolute atomic E-state index is 0.142. The molecule has 2 N–H and O–H groups in total. The van der Waals surface area contributed by atoms with Gasteiger partial charge in [-0.1, -0.05) is 32.0 Å². The Bertz CT molecular complexity index is 1460. The molecular weight excluding hydrogens is 498 g/mol. The van der Waals surface area contributed by atoms with Gasteiger partial charge in [0.1, 0.15) is 0 Å². The summed E-state index contributed by atoms with van der Waals surface area (Å²) in [4.78, 5) is 31.3. The predicted octanol–water partition coefficient (Wildman–Crippen LogP) is 5.71. The first-order valence-electron chi connectivity index (χ1n) is 13.8. The SMILES string of the molecule is Cc1ccc(NC(=O)c2ccc(CN3CCN(C)CC3)cc2)cc1Nc1nccc(-c2cnccc2C(C)C)n1. The normalized spacial score (nSPS) is 14.3. The van der Waals surface area contributed by atoms with Crippen LogP contribution in [0.2, 0.25) is 0 Å². The number of amides is 1. The molecule has 5 rings (SSSR count). The zero-order valence-corrected chi connectivity index (χ0v) is 23.7. The van der Waals surface area contributed by atoms with Crippen LogP contribution in [0.4, 0.5) is 17.3 Å². The van der Waals surface area contributed by atoms with Gasteiger partial charge in [0, 0.05) is 73.8 Å². The smallest absolute Gasteiger partial charge is 0.255 e. The molecule has 0 aliphatic carbocycles. The Labute approximate surface area is 236 Å². The first-order valence-corrected chi connectivity index (χ1v) is 13.8. The van der Waals surface area contributed by atoms with E-state index in [-0.39, 0.29) is 5.91 Å². The van der Waals surface area contributed by atoms with Crippen LogP contribution in [0.1, 0.15) is 46.8 Å². The molecule has 40 heavy (non-hydrogen) atoms. The van der Waals surface area contributed by atoms with Gasteiger partial charge in [-0.05, 0) is 73.0 Å². The Morgan fingerprint density at radius 3 is 2.50 bits per heavy atom. The van der Waals surface area contributed by atoms with Gasteiger partial charge >= 0.3 is 0 Å². The van der Waals surface area contributed by atoms with E-state index in [9.17, 15) is 4.79 Å². The molecule has 3 heterocycles. The fraction of sp³-hybridized carbons (Fsp3) is 0.312. The molecule has 0 saturated carbocycles. The Kier molecular flexibility index (Phi) is 8.48. The summed E-state index contributed by atoms with van der Waals surface area (Å²) in [6, 6.07) is 17.6. The molecule has 2 aromatic carbocycles. The number of nitrogens with one attached hydrogen (secondary N) is 2. The number of nitrogens with zero attached hydrogens (tertiary/aromatic N) is 5. The molecule has 0 spiro atoms. The van der Waals surface area contributed by atoms with Crippen molar-refractivity contribution < 1.29 is 4.79 Å². The minimum atomic E-state index is -0.142. The highest BCUT2D eigenvalue weighted by atomic mass is 16.1. The largest absolute Gasteiger partial charge is 0.324 e. The number of hydrogen-bond donors (Lipinski definition) is 2. The van der Waals surface area contributed by atoms with E-state index < -0.39 is 0 Å². The molecule has 1 amide bonds. The van der Waals surface area contributed by atoms with Crippen molar-refractivity contribution in [3.63, 3.8) is 0 Å². The highest BCUT2D eigenvalue weighted by molar-refractivity contribution is 6.04. The number of hydrogen-bond acceptors (Lipinski definition) is 7. The number of piperazine rings is 1. The molecule has 1 fully saturated rings. The number of aromatic nitrogens is 3. The van der Waals surface area contributed by atoms with E-state index in [1.165, 1.54) is 11.1 Å². The van der Waals surface area contributed by atoms with Gasteiger partial charge in [0.25, 0.3) is 5.91 Å². The van der Waals surface area contributed by atoms with Crippen LogP contribution in [0.3, 0.4) is 0 Å². The lowest BCUT2D eigenvalue weighted by Crippen LogP contribution is -2.43. The van der Waals surface area contributed by atoms with Gasteiger partial charge in [-0.3, -0.25) is 14.7 Å². The summed E-state index contributed by atoms with van der Waals surface area (Å²) < 4.78 is 0. The van der Waals surface area contributed by atoms with Gasteiger partial charge in [0.15, 0.2) is 0 Å². The average molecular weight is 536 g/mol. The molecule has 2 aromatic heterocycles. The van der Waals surface area contributed by atoms with Crippen molar-refractivity contribution in [1.29, 1.82) is 0 Å². The van der Waals surface area contributed by atoms with Crippen LogP contribution in [-0.2, 0) is 6.54 Å². The number of aryl methyl sites for hydroxylation is 1. The number of carbonyl (C=O) groups excluding carboxylic acids is 1. The summed E-state index contributed by atoms with van der Waals surface area (Å²) in [6.07, 6.45) is 5.41. The van der Waals surface area contributed by atoms with Gasteiger partial charge < -0.3 is 15.5 Å². The van der Waals surface area contributed by atoms with E-state index in [1.807, 2.05) is 73.9 Å². The fourth-order valence-electron chi connectivity index (χ4n) is 4.88. The number of pyridine rings is 1. The molecule has 206 valence electrons. The minimum Gasteiger partial charge on any atom is -0.324 e. The van der Waals surface area contributed by atoms with Crippen LogP contribution in [0.15, 0.2) is 73.2 Å². The van der Waals surface area contributed by atoms with Crippen LogP contribution in [-0.4, -0.2) is 63.9 Å². The second kappa shape index (κ2) is 12.4. The maximum Gasteiger partial charge on any atom is 0.255 e. The maximum absolute atomic E-state index is 13.0. The summed E-state index contributed by atoms with van der Waals surface area (Å²) in [5, 5.41) is 6.36. The molecule has 0 atom stereocenters. The number of rotatable bonds is 8.